The molecule has 3 heterocycles. The van der Waals surface area contributed by atoms with E-state index in [9.17, 15) is 4.79 Å². The summed E-state index contributed by atoms with van der Waals surface area (Å²) in [6.45, 7) is 3.63. The van der Waals surface area contributed by atoms with Gasteiger partial charge in [-0.2, -0.15) is 9.97 Å². The van der Waals surface area contributed by atoms with Gasteiger partial charge in [-0.25, -0.2) is 4.98 Å². The number of rotatable bonds is 2. The smallest absolute Gasteiger partial charge is 0.259 e. The zero-order valence-electron chi connectivity index (χ0n) is 11.3. The van der Waals surface area contributed by atoms with Crippen LogP contribution in [-0.4, -0.2) is 30.8 Å². The molecule has 7 nitrogen and oxygen atoms in total. The van der Waals surface area contributed by atoms with Crippen molar-refractivity contribution in [2.24, 2.45) is 0 Å². The van der Waals surface area contributed by atoms with Crippen LogP contribution in [0.3, 0.4) is 0 Å². The van der Waals surface area contributed by atoms with Crippen molar-refractivity contribution in [3.05, 3.63) is 40.6 Å². The van der Waals surface area contributed by atoms with E-state index in [0.717, 1.165) is 5.69 Å². The molecule has 0 bridgehead atoms. The number of imidazole rings is 1. The standard InChI is InChI=1S/C13H11ClN6O/c1-6-3-4-8(7(2)17-6)12(21)20-13-18-10(14)9-11(19-13)16-5-15-9/h3-5H,1-2H3,(H2,15,16,18,19,20,21). The van der Waals surface area contributed by atoms with Gasteiger partial charge in [0.2, 0.25) is 5.95 Å². The number of aryl methyl sites for hydroxylation is 2. The Hall–Kier alpha value is -2.54. The molecule has 0 radical (unpaired) electrons. The summed E-state index contributed by atoms with van der Waals surface area (Å²) >= 11 is 6.00. The second-order valence-electron chi connectivity index (χ2n) is 4.48. The van der Waals surface area contributed by atoms with E-state index in [4.69, 9.17) is 11.6 Å². The number of nitrogens with one attached hydrogen (secondary N) is 2. The molecule has 1 amide bonds. The number of H-pyrrole nitrogens is 1. The van der Waals surface area contributed by atoms with Gasteiger partial charge in [-0.1, -0.05) is 11.6 Å². The number of aromatic nitrogens is 5. The first kappa shape index (κ1) is 13.4. The minimum Gasteiger partial charge on any atom is -0.341 e. The van der Waals surface area contributed by atoms with Crippen LogP contribution >= 0.6 is 11.6 Å². The molecule has 0 fully saturated rings. The number of pyridine rings is 1. The molecule has 0 aliphatic rings. The van der Waals surface area contributed by atoms with Crippen molar-refractivity contribution < 1.29 is 4.79 Å². The number of carbonyl (C=O) groups is 1. The van der Waals surface area contributed by atoms with Crippen molar-refractivity contribution >= 4 is 34.6 Å². The molecule has 0 atom stereocenters. The molecule has 3 rings (SSSR count). The predicted octanol–water partition coefficient (Wildman–Crippen LogP) is 2.27. The van der Waals surface area contributed by atoms with Crippen LogP contribution in [0, 0.1) is 13.8 Å². The summed E-state index contributed by atoms with van der Waals surface area (Å²) in [5, 5.41) is 2.80. The summed E-state index contributed by atoms with van der Waals surface area (Å²) in [6.07, 6.45) is 1.46. The lowest BCUT2D eigenvalue weighted by Crippen LogP contribution is -2.16. The molecule has 21 heavy (non-hydrogen) atoms. The number of hydrogen-bond acceptors (Lipinski definition) is 5. The van der Waals surface area contributed by atoms with Crippen LogP contribution < -0.4 is 5.32 Å². The molecular weight excluding hydrogens is 292 g/mol. The average Bonchev–Trinajstić information content (AvgIpc) is 2.87. The normalized spacial score (nSPS) is 10.8. The molecule has 8 heteroatoms. The SMILES string of the molecule is Cc1ccc(C(=O)Nc2nc(Cl)c3[nH]cnc3n2)c(C)n1. The summed E-state index contributed by atoms with van der Waals surface area (Å²) in [5.41, 5.74) is 2.87. The van der Waals surface area contributed by atoms with Crippen LogP contribution in [-0.2, 0) is 0 Å². The molecule has 0 aliphatic carbocycles. The van der Waals surface area contributed by atoms with Crippen LogP contribution in [0.4, 0.5) is 5.95 Å². The Labute approximate surface area is 124 Å². The maximum absolute atomic E-state index is 12.2. The molecule has 3 aromatic rings. The van der Waals surface area contributed by atoms with Gasteiger partial charge < -0.3 is 4.98 Å². The van der Waals surface area contributed by atoms with Crippen LogP contribution in [0.15, 0.2) is 18.5 Å². The summed E-state index contributed by atoms with van der Waals surface area (Å²) in [5.74, 6) is -0.240. The molecule has 0 unspecified atom stereocenters. The van der Waals surface area contributed by atoms with Crippen LogP contribution in [0.2, 0.25) is 5.15 Å². The van der Waals surface area contributed by atoms with E-state index in [-0.39, 0.29) is 17.0 Å². The molecule has 106 valence electrons. The van der Waals surface area contributed by atoms with Gasteiger partial charge in [-0.3, -0.25) is 15.1 Å². The first-order valence-electron chi connectivity index (χ1n) is 6.17. The maximum atomic E-state index is 12.2. The lowest BCUT2D eigenvalue weighted by atomic mass is 10.2. The maximum Gasteiger partial charge on any atom is 0.259 e. The number of halogens is 1. The van der Waals surface area contributed by atoms with Gasteiger partial charge in [0.15, 0.2) is 10.8 Å². The van der Waals surface area contributed by atoms with Crippen molar-refractivity contribution in [1.82, 2.24) is 24.9 Å². The third kappa shape index (κ3) is 2.55. The Morgan fingerprint density at radius 2 is 2.05 bits per heavy atom. The van der Waals surface area contributed by atoms with Gasteiger partial charge in [-0.05, 0) is 26.0 Å². The minimum absolute atomic E-state index is 0.101. The highest BCUT2D eigenvalue weighted by molar-refractivity contribution is 6.33. The summed E-state index contributed by atoms with van der Waals surface area (Å²) in [4.78, 5) is 31.4. The van der Waals surface area contributed by atoms with E-state index in [0.29, 0.717) is 22.4 Å². The van der Waals surface area contributed by atoms with E-state index >= 15 is 0 Å². The first-order chi connectivity index (χ1) is 10.0. The number of fused-ring (bicyclic) bond motifs is 1. The van der Waals surface area contributed by atoms with Crippen molar-refractivity contribution in [2.75, 3.05) is 5.32 Å². The predicted molar refractivity (Wildman–Crippen MR) is 78.4 cm³/mol. The largest absolute Gasteiger partial charge is 0.341 e. The van der Waals surface area contributed by atoms with Crippen molar-refractivity contribution in [3.8, 4) is 0 Å². The summed E-state index contributed by atoms with van der Waals surface area (Å²) in [6, 6.07) is 3.48. The average molecular weight is 303 g/mol. The summed E-state index contributed by atoms with van der Waals surface area (Å²) in [7, 11) is 0. The fraction of sp³-hybridized carbons (Fsp3) is 0.154. The lowest BCUT2D eigenvalue weighted by Gasteiger charge is -2.06. The van der Waals surface area contributed by atoms with Gasteiger partial charge in [-0.15, -0.1) is 0 Å². The van der Waals surface area contributed by atoms with E-state index in [1.807, 2.05) is 6.92 Å². The van der Waals surface area contributed by atoms with Gasteiger partial charge in [0.05, 0.1) is 17.6 Å². The Balaban J connectivity index is 1.92. The molecule has 0 spiro atoms. The topological polar surface area (TPSA) is 96.5 Å². The minimum atomic E-state index is -0.342. The monoisotopic (exact) mass is 302 g/mol. The van der Waals surface area contributed by atoms with Crippen molar-refractivity contribution in [3.63, 3.8) is 0 Å². The van der Waals surface area contributed by atoms with Gasteiger partial charge in [0.25, 0.3) is 5.91 Å². The van der Waals surface area contributed by atoms with E-state index < -0.39 is 0 Å². The molecule has 0 aromatic carbocycles. The molecule has 0 aliphatic heterocycles. The summed E-state index contributed by atoms with van der Waals surface area (Å²) < 4.78 is 0. The van der Waals surface area contributed by atoms with E-state index in [1.54, 1.807) is 19.1 Å². The highest BCUT2D eigenvalue weighted by Gasteiger charge is 2.14. The zero-order valence-corrected chi connectivity index (χ0v) is 12.1. The zero-order chi connectivity index (χ0) is 15.0. The second kappa shape index (κ2) is 5.10. The number of nitrogens with zero attached hydrogens (tertiary/aromatic N) is 4. The quantitative estimate of drug-likeness (QED) is 0.708. The van der Waals surface area contributed by atoms with Crippen molar-refractivity contribution in [2.45, 2.75) is 13.8 Å². The lowest BCUT2D eigenvalue weighted by molar-refractivity contribution is 0.102. The van der Waals surface area contributed by atoms with Gasteiger partial charge in [0.1, 0.15) is 5.52 Å². The van der Waals surface area contributed by atoms with Crippen LogP contribution in [0.1, 0.15) is 21.7 Å². The van der Waals surface area contributed by atoms with Gasteiger partial charge >= 0.3 is 0 Å². The fourth-order valence-corrected chi connectivity index (χ4v) is 2.17. The fourth-order valence-electron chi connectivity index (χ4n) is 1.95. The van der Waals surface area contributed by atoms with Crippen molar-refractivity contribution in [1.29, 1.82) is 0 Å². The number of amides is 1. The third-order valence-electron chi connectivity index (χ3n) is 2.94. The van der Waals surface area contributed by atoms with Crippen LogP contribution in [0.25, 0.3) is 11.2 Å². The Morgan fingerprint density at radius 3 is 2.81 bits per heavy atom. The number of anilines is 1. The first-order valence-corrected chi connectivity index (χ1v) is 6.54. The van der Waals surface area contributed by atoms with Crippen LogP contribution in [0.5, 0.6) is 0 Å². The molecule has 0 saturated carbocycles. The number of aromatic amines is 1. The molecule has 2 N–H and O–H groups in total. The number of hydrogen-bond donors (Lipinski definition) is 2. The Bertz CT molecular complexity index is 844. The van der Waals surface area contributed by atoms with Gasteiger partial charge in [0, 0.05) is 5.69 Å². The number of carbonyl (C=O) groups excluding carboxylic acids is 1. The second-order valence-corrected chi connectivity index (χ2v) is 4.84. The third-order valence-corrected chi connectivity index (χ3v) is 3.21. The highest BCUT2D eigenvalue weighted by atomic mass is 35.5. The highest BCUT2D eigenvalue weighted by Crippen LogP contribution is 2.18. The molecular formula is C13H11ClN6O. The molecule has 0 saturated heterocycles. The Morgan fingerprint density at radius 1 is 1.24 bits per heavy atom. The Kier molecular flexibility index (Phi) is 3.26. The van der Waals surface area contributed by atoms with E-state index in [1.165, 1.54) is 6.33 Å². The van der Waals surface area contributed by atoms with E-state index in [2.05, 4.69) is 30.2 Å². The molecule has 3 aromatic heterocycles.